The van der Waals surface area contributed by atoms with Gasteiger partial charge in [0.1, 0.15) is 12.4 Å². The molecule has 1 aromatic heterocycles. The second kappa shape index (κ2) is 9.56. The number of nitriles is 1. The second-order valence-corrected chi connectivity index (χ2v) is 8.23. The summed E-state index contributed by atoms with van der Waals surface area (Å²) in [6.45, 7) is -1.46. The van der Waals surface area contributed by atoms with Gasteiger partial charge in [-0.1, -0.05) is 6.07 Å². The highest BCUT2D eigenvalue weighted by Gasteiger charge is 2.54. The molecule has 1 fully saturated rings. The molecule has 0 radical (unpaired) electrons. The van der Waals surface area contributed by atoms with Gasteiger partial charge in [-0.25, -0.2) is 9.40 Å². The summed E-state index contributed by atoms with van der Waals surface area (Å²) in [5.74, 6) is -0.277. The summed E-state index contributed by atoms with van der Waals surface area (Å²) in [6.07, 6.45) is -2.45. The molecule has 1 amide bonds. The molecule has 2 aromatic rings. The predicted octanol–water partition coefficient (Wildman–Crippen LogP) is 4.71. The Morgan fingerprint density at radius 1 is 1.19 bits per heavy atom. The zero-order chi connectivity index (χ0) is 22.5. The molecule has 0 atom stereocenters. The van der Waals surface area contributed by atoms with Crippen molar-refractivity contribution in [2.24, 2.45) is 0 Å². The molecule has 31 heavy (non-hydrogen) atoms. The highest BCUT2D eigenvalue weighted by atomic mass is 32.2. The first-order valence-electron chi connectivity index (χ1n) is 9.56. The minimum absolute atomic E-state index is 0.00487. The number of aromatic nitrogens is 1. The van der Waals surface area contributed by atoms with Gasteiger partial charge in [0.05, 0.1) is 17.5 Å². The third-order valence-electron chi connectivity index (χ3n) is 4.70. The van der Waals surface area contributed by atoms with E-state index in [1.54, 1.807) is 12.3 Å². The Morgan fingerprint density at radius 2 is 1.90 bits per heavy atom. The first-order valence-corrected chi connectivity index (χ1v) is 10.7. The maximum atomic E-state index is 13.4. The number of halogens is 4. The van der Waals surface area contributed by atoms with Crippen molar-refractivity contribution >= 4 is 23.4 Å². The molecule has 0 spiro atoms. The Balaban J connectivity index is 1.78. The molecule has 1 aromatic carbocycles. The molecule has 10 heteroatoms. The summed E-state index contributed by atoms with van der Waals surface area (Å²) < 4.78 is 53.4. The summed E-state index contributed by atoms with van der Waals surface area (Å²) in [7, 11) is 0. The van der Waals surface area contributed by atoms with Crippen molar-refractivity contribution in [1.29, 1.82) is 5.26 Å². The van der Waals surface area contributed by atoms with E-state index in [-0.39, 0.29) is 24.9 Å². The average molecular weight is 452 g/mol. The van der Waals surface area contributed by atoms with Gasteiger partial charge in [0.25, 0.3) is 0 Å². The Bertz CT molecular complexity index is 927. The molecule has 0 unspecified atom stereocenters. The summed E-state index contributed by atoms with van der Waals surface area (Å²) in [5, 5.41) is 11.3. The predicted molar refractivity (Wildman–Crippen MR) is 109 cm³/mol. The van der Waals surface area contributed by atoms with Crippen molar-refractivity contribution in [3.05, 3.63) is 60.2 Å². The van der Waals surface area contributed by atoms with Crippen molar-refractivity contribution in [2.75, 3.05) is 17.3 Å². The number of carbonyl (C=O) groups excluding carboxylic acids is 1. The van der Waals surface area contributed by atoms with Gasteiger partial charge in [0.2, 0.25) is 5.91 Å². The monoisotopic (exact) mass is 452 g/mol. The van der Waals surface area contributed by atoms with E-state index in [2.05, 4.69) is 4.98 Å². The van der Waals surface area contributed by atoms with E-state index in [9.17, 15) is 27.6 Å². The molecule has 0 saturated heterocycles. The van der Waals surface area contributed by atoms with Crippen LogP contribution in [-0.4, -0.2) is 39.9 Å². The van der Waals surface area contributed by atoms with E-state index >= 15 is 0 Å². The summed E-state index contributed by atoms with van der Waals surface area (Å²) in [5.41, 5.74) is -0.491. The van der Waals surface area contributed by atoms with Crippen LogP contribution in [0.15, 0.2) is 48.7 Å². The highest BCUT2D eigenvalue weighted by molar-refractivity contribution is 7.98. The fraction of sp³-hybridized carbons (Fsp3) is 0.381. The van der Waals surface area contributed by atoms with Gasteiger partial charge in [0, 0.05) is 24.1 Å². The van der Waals surface area contributed by atoms with Crippen LogP contribution in [0.4, 0.5) is 23.2 Å². The molecular formula is C21H20F4N4OS. The van der Waals surface area contributed by atoms with Crippen LogP contribution in [-0.2, 0) is 10.5 Å². The number of thioether (sulfide) groups is 1. The van der Waals surface area contributed by atoms with Gasteiger partial charge in [-0.15, -0.1) is 0 Å². The van der Waals surface area contributed by atoms with Gasteiger partial charge < -0.3 is 0 Å². The number of amides is 1. The molecule has 5 nitrogen and oxygen atoms in total. The zero-order valence-electron chi connectivity index (χ0n) is 16.5. The summed E-state index contributed by atoms with van der Waals surface area (Å²) in [6, 6.07) is 11.9. The lowest BCUT2D eigenvalue weighted by molar-refractivity contribution is -0.142. The van der Waals surface area contributed by atoms with Crippen molar-refractivity contribution < 1.29 is 22.4 Å². The molecule has 164 valence electrons. The number of alkyl halides is 3. The largest absolute Gasteiger partial charge is 0.407 e. The fourth-order valence-corrected chi connectivity index (χ4v) is 3.92. The SMILES string of the molecule is N#CC1(N(C(=O)CCSCc2ccccn2)N(CC(F)(F)F)c2ccc(F)cc2)CC1. The first kappa shape index (κ1) is 22.9. The van der Waals surface area contributed by atoms with Crippen molar-refractivity contribution in [3.8, 4) is 6.07 Å². The van der Waals surface area contributed by atoms with E-state index in [1.807, 2.05) is 18.2 Å². The lowest BCUT2D eigenvalue weighted by Crippen LogP contribution is -2.56. The average Bonchev–Trinajstić information content (AvgIpc) is 3.52. The zero-order valence-corrected chi connectivity index (χ0v) is 17.3. The van der Waals surface area contributed by atoms with Crippen molar-refractivity contribution in [3.63, 3.8) is 0 Å². The molecule has 0 N–H and O–H groups in total. The summed E-state index contributed by atoms with van der Waals surface area (Å²) >= 11 is 1.43. The van der Waals surface area contributed by atoms with E-state index in [4.69, 9.17) is 0 Å². The number of carbonyl (C=O) groups is 1. The van der Waals surface area contributed by atoms with E-state index in [0.29, 0.717) is 11.5 Å². The van der Waals surface area contributed by atoms with Gasteiger partial charge in [-0.05, 0) is 49.2 Å². The summed E-state index contributed by atoms with van der Waals surface area (Å²) in [4.78, 5) is 17.2. The van der Waals surface area contributed by atoms with Gasteiger partial charge in [0.15, 0.2) is 5.54 Å². The molecule has 1 heterocycles. The van der Waals surface area contributed by atoms with Crippen LogP contribution in [0.2, 0.25) is 0 Å². The third kappa shape index (κ3) is 6.10. The Hall–Kier alpha value is -2.80. The molecule has 0 bridgehead atoms. The van der Waals surface area contributed by atoms with Crippen LogP contribution in [0, 0.1) is 17.1 Å². The minimum atomic E-state index is -4.63. The van der Waals surface area contributed by atoms with Gasteiger partial charge in [-0.2, -0.15) is 30.2 Å². The maximum absolute atomic E-state index is 13.4. The Labute approximate surface area is 181 Å². The Morgan fingerprint density at radius 3 is 2.45 bits per heavy atom. The van der Waals surface area contributed by atoms with Crippen LogP contribution in [0.3, 0.4) is 0 Å². The van der Waals surface area contributed by atoms with E-state index in [1.165, 1.54) is 23.9 Å². The number of hydrogen-bond donors (Lipinski definition) is 0. The number of anilines is 1. The number of benzene rings is 1. The van der Waals surface area contributed by atoms with Crippen molar-refractivity contribution in [2.45, 2.75) is 36.7 Å². The van der Waals surface area contributed by atoms with Gasteiger partial charge in [-0.3, -0.25) is 14.8 Å². The first-order chi connectivity index (χ1) is 14.7. The molecule has 1 saturated carbocycles. The molecule has 1 aliphatic rings. The second-order valence-electron chi connectivity index (χ2n) is 7.12. The highest BCUT2D eigenvalue weighted by Crippen LogP contribution is 2.44. The topological polar surface area (TPSA) is 60.2 Å². The van der Waals surface area contributed by atoms with Crippen LogP contribution in [0.25, 0.3) is 0 Å². The lowest BCUT2D eigenvalue weighted by atomic mass is 10.2. The Kier molecular flexibility index (Phi) is 7.05. The number of pyridine rings is 1. The fourth-order valence-electron chi connectivity index (χ4n) is 3.08. The molecule has 0 aliphatic heterocycles. The molecule has 1 aliphatic carbocycles. The number of nitrogens with zero attached hydrogens (tertiary/aromatic N) is 4. The quantitative estimate of drug-likeness (QED) is 0.313. The van der Waals surface area contributed by atoms with E-state index < -0.39 is 30.0 Å². The standard InChI is InChI=1S/C21H20F4N4OS/c22-16-4-6-18(7-5-16)28(15-21(23,24)25)29(20(14-26)9-10-20)19(30)8-12-31-13-17-3-1-2-11-27-17/h1-7,11H,8-10,12-13,15H2. The smallest absolute Gasteiger partial charge is 0.273 e. The van der Waals surface area contributed by atoms with Crippen LogP contribution in [0.1, 0.15) is 25.0 Å². The number of hydrazine groups is 1. The lowest BCUT2D eigenvalue weighted by Gasteiger charge is -2.40. The normalized spacial score (nSPS) is 14.5. The van der Waals surface area contributed by atoms with Gasteiger partial charge >= 0.3 is 6.18 Å². The molecular weight excluding hydrogens is 432 g/mol. The van der Waals surface area contributed by atoms with Crippen LogP contribution < -0.4 is 5.01 Å². The van der Waals surface area contributed by atoms with Crippen LogP contribution in [0.5, 0.6) is 0 Å². The number of hydrogen-bond acceptors (Lipinski definition) is 5. The third-order valence-corrected chi connectivity index (χ3v) is 5.70. The molecule has 3 rings (SSSR count). The van der Waals surface area contributed by atoms with E-state index in [0.717, 1.165) is 27.8 Å². The minimum Gasteiger partial charge on any atom is -0.273 e. The maximum Gasteiger partial charge on any atom is 0.407 e. The number of rotatable bonds is 9. The van der Waals surface area contributed by atoms with Crippen LogP contribution >= 0.6 is 11.8 Å². The van der Waals surface area contributed by atoms with Crippen molar-refractivity contribution in [1.82, 2.24) is 9.99 Å².